The molecule has 0 amide bonds. The van der Waals surface area contributed by atoms with Crippen LogP contribution in [0.4, 0.5) is 5.69 Å². The lowest BCUT2D eigenvalue weighted by molar-refractivity contribution is -0.385. The predicted molar refractivity (Wildman–Crippen MR) is 121 cm³/mol. The molecule has 0 spiro atoms. The zero-order valence-electron chi connectivity index (χ0n) is 16.5. The number of esters is 1. The van der Waals surface area contributed by atoms with E-state index in [1.165, 1.54) is 18.4 Å². The van der Waals surface area contributed by atoms with E-state index in [0.29, 0.717) is 20.6 Å². The first-order chi connectivity index (χ1) is 14.8. The molecule has 0 bridgehead atoms. The Kier molecular flexibility index (Phi) is 7.02. The van der Waals surface area contributed by atoms with E-state index in [0.717, 1.165) is 0 Å². The van der Waals surface area contributed by atoms with Crippen molar-refractivity contribution in [3.8, 4) is 0 Å². The van der Waals surface area contributed by atoms with Gasteiger partial charge in [-0.15, -0.1) is 0 Å². The summed E-state index contributed by atoms with van der Waals surface area (Å²) in [5.41, 5.74) is -1.14. The van der Waals surface area contributed by atoms with Gasteiger partial charge in [0.05, 0.1) is 17.4 Å². The second kappa shape index (κ2) is 9.53. The summed E-state index contributed by atoms with van der Waals surface area (Å²) in [6, 6.07) is 10.8. The van der Waals surface area contributed by atoms with E-state index in [1.54, 1.807) is 49.4 Å². The molecule has 3 rings (SSSR count). The van der Waals surface area contributed by atoms with Crippen LogP contribution in [0.25, 0.3) is 0 Å². The fraction of sp³-hybridized carbons (Fsp3) is 0.227. The van der Waals surface area contributed by atoms with Crippen molar-refractivity contribution < 1.29 is 19.2 Å². The molecule has 2 unspecified atom stereocenters. The lowest BCUT2D eigenvalue weighted by Gasteiger charge is -2.31. The quantitative estimate of drug-likeness (QED) is 0.218. The number of allylic oxidation sites excluding steroid dienone is 1. The van der Waals surface area contributed by atoms with Crippen molar-refractivity contribution in [2.45, 2.75) is 18.9 Å². The number of aliphatic imine (C=N–C) groups is 1. The molecule has 2 aromatic rings. The number of nitro groups is 1. The standard InChI is InChI=1S/C22H18BrClN2O5/c1-2-31-21(28)18(12-15-4-7-16(23)13-19(15)26(29)30)22(10-3-11-25-22)20(27)14-5-8-17(24)9-6-14/h3-11,13,18H,2,12H2,1H3. The normalized spacial score (nSPS) is 18.0. The summed E-state index contributed by atoms with van der Waals surface area (Å²) in [5.74, 6) is -2.19. The number of nitrogens with zero attached hydrogens (tertiary/aromatic N) is 2. The number of halogens is 2. The molecule has 0 N–H and O–H groups in total. The van der Waals surface area contributed by atoms with Gasteiger partial charge >= 0.3 is 5.97 Å². The number of carbonyl (C=O) groups is 2. The van der Waals surface area contributed by atoms with Gasteiger partial charge in [0.25, 0.3) is 5.69 Å². The molecule has 0 aliphatic carbocycles. The maximum Gasteiger partial charge on any atom is 0.312 e. The van der Waals surface area contributed by atoms with E-state index in [4.69, 9.17) is 16.3 Å². The maximum absolute atomic E-state index is 13.5. The van der Waals surface area contributed by atoms with Crippen molar-refractivity contribution in [2.24, 2.45) is 10.9 Å². The molecule has 0 saturated heterocycles. The number of carbonyl (C=O) groups excluding carboxylic acids is 2. The minimum atomic E-state index is -1.58. The zero-order chi connectivity index (χ0) is 22.6. The average molecular weight is 506 g/mol. The minimum absolute atomic E-state index is 0.0937. The molecule has 7 nitrogen and oxygen atoms in total. The van der Waals surface area contributed by atoms with Crippen molar-refractivity contribution >= 4 is 51.2 Å². The van der Waals surface area contributed by atoms with Crippen molar-refractivity contribution in [1.29, 1.82) is 0 Å². The van der Waals surface area contributed by atoms with Crippen molar-refractivity contribution in [3.63, 3.8) is 0 Å². The molecular weight excluding hydrogens is 488 g/mol. The summed E-state index contributed by atoms with van der Waals surface area (Å²) in [6.45, 7) is 1.74. The molecule has 0 fully saturated rings. The van der Waals surface area contributed by atoms with Gasteiger partial charge in [0.15, 0.2) is 11.3 Å². The first-order valence-electron chi connectivity index (χ1n) is 9.41. The summed E-state index contributed by atoms with van der Waals surface area (Å²) < 4.78 is 5.77. The van der Waals surface area contributed by atoms with Gasteiger partial charge in [0, 0.05) is 32.9 Å². The van der Waals surface area contributed by atoms with Gasteiger partial charge in [0.1, 0.15) is 0 Å². The summed E-state index contributed by atoms with van der Waals surface area (Å²) in [5, 5.41) is 12.0. The molecule has 1 aliphatic rings. The van der Waals surface area contributed by atoms with Crippen LogP contribution >= 0.6 is 27.5 Å². The summed E-state index contributed by atoms with van der Waals surface area (Å²) in [6.07, 6.45) is 4.45. The SMILES string of the molecule is CCOC(=O)C(Cc1ccc(Br)cc1[N+](=O)[O-])C1(C(=O)c2ccc(Cl)cc2)C=CC=N1. The van der Waals surface area contributed by atoms with E-state index in [2.05, 4.69) is 20.9 Å². The van der Waals surface area contributed by atoms with Crippen LogP contribution in [-0.2, 0) is 16.0 Å². The van der Waals surface area contributed by atoms with Crippen LogP contribution in [0.3, 0.4) is 0 Å². The van der Waals surface area contributed by atoms with Gasteiger partial charge in [-0.2, -0.15) is 0 Å². The molecule has 2 aromatic carbocycles. The smallest absolute Gasteiger partial charge is 0.312 e. The fourth-order valence-corrected chi connectivity index (χ4v) is 3.97. The minimum Gasteiger partial charge on any atom is -0.466 e. The number of rotatable bonds is 8. The van der Waals surface area contributed by atoms with Gasteiger partial charge in [-0.1, -0.05) is 33.6 Å². The molecule has 0 saturated carbocycles. The van der Waals surface area contributed by atoms with Crippen LogP contribution in [0.5, 0.6) is 0 Å². The highest BCUT2D eigenvalue weighted by atomic mass is 79.9. The second-order valence-corrected chi connectivity index (χ2v) is 8.19. The van der Waals surface area contributed by atoms with Crippen LogP contribution in [0, 0.1) is 16.0 Å². The third-order valence-electron chi connectivity index (χ3n) is 4.97. The third kappa shape index (κ3) is 4.75. The molecule has 1 aliphatic heterocycles. The Morgan fingerprint density at radius 2 is 1.97 bits per heavy atom. The Hall–Kier alpha value is -2.84. The third-order valence-corrected chi connectivity index (χ3v) is 5.71. The Morgan fingerprint density at radius 1 is 1.26 bits per heavy atom. The molecule has 0 radical (unpaired) electrons. The number of hydrogen-bond acceptors (Lipinski definition) is 6. The summed E-state index contributed by atoms with van der Waals surface area (Å²) in [4.78, 5) is 42.0. The van der Waals surface area contributed by atoms with Crippen molar-refractivity contribution in [2.75, 3.05) is 6.61 Å². The largest absolute Gasteiger partial charge is 0.466 e. The van der Waals surface area contributed by atoms with Gasteiger partial charge in [-0.3, -0.25) is 24.7 Å². The summed E-state index contributed by atoms with van der Waals surface area (Å²) in [7, 11) is 0. The van der Waals surface area contributed by atoms with E-state index in [1.807, 2.05) is 0 Å². The van der Waals surface area contributed by atoms with Crippen LogP contribution in [0.15, 0.2) is 64.1 Å². The lowest BCUT2D eigenvalue weighted by atomic mass is 9.75. The number of benzene rings is 2. The highest BCUT2D eigenvalue weighted by Crippen LogP contribution is 2.37. The van der Waals surface area contributed by atoms with Gasteiger partial charge in [-0.25, -0.2) is 0 Å². The van der Waals surface area contributed by atoms with Crippen molar-refractivity contribution in [1.82, 2.24) is 0 Å². The number of hydrogen-bond donors (Lipinski definition) is 0. The molecule has 1 heterocycles. The van der Waals surface area contributed by atoms with E-state index < -0.39 is 28.1 Å². The highest BCUT2D eigenvalue weighted by Gasteiger charge is 2.49. The van der Waals surface area contributed by atoms with E-state index >= 15 is 0 Å². The first-order valence-corrected chi connectivity index (χ1v) is 10.6. The van der Waals surface area contributed by atoms with Crippen LogP contribution < -0.4 is 0 Å². The topological polar surface area (TPSA) is 98.9 Å². The molecule has 2 atom stereocenters. The molecular formula is C22H18BrClN2O5. The Labute approximate surface area is 192 Å². The predicted octanol–water partition coefficient (Wildman–Crippen LogP) is 4.99. The number of Topliss-reactive ketones (excluding diaryl/α,β-unsaturated/α-hetero) is 1. The van der Waals surface area contributed by atoms with Gasteiger partial charge in [-0.05, 0) is 55.8 Å². The zero-order valence-corrected chi connectivity index (χ0v) is 18.8. The van der Waals surface area contributed by atoms with Gasteiger partial charge in [0.2, 0.25) is 0 Å². The van der Waals surface area contributed by atoms with Crippen LogP contribution in [0.2, 0.25) is 5.02 Å². The highest BCUT2D eigenvalue weighted by molar-refractivity contribution is 9.10. The molecule has 160 valence electrons. The lowest BCUT2D eigenvalue weighted by Crippen LogP contribution is -2.47. The first kappa shape index (κ1) is 22.8. The molecule has 31 heavy (non-hydrogen) atoms. The number of ketones is 1. The fourth-order valence-electron chi connectivity index (χ4n) is 3.49. The molecule has 9 heteroatoms. The van der Waals surface area contributed by atoms with Gasteiger partial charge < -0.3 is 4.74 Å². The monoisotopic (exact) mass is 504 g/mol. The van der Waals surface area contributed by atoms with Crippen molar-refractivity contribution in [3.05, 3.63) is 85.4 Å². The van der Waals surface area contributed by atoms with E-state index in [-0.39, 0.29) is 18.7 Å². The van der Waals surface area contributed by atoms with Crippen LogP contribution in [0.1, 0.15) is 22.8 Å². The Balaban J connectivity index is 2.10. The Bertz CT molecular complexity index is 1070. The summed E-state index contributed by atoms with van der Waals surface area (Å²) >= 11 is 9.16. The molecule has 0 aromatic heterocycles. The Morgan fingerprint density at radius 3 is 2.55 bits per heavy atom. The maximum atomic E-state index is 13.5. The number of nitro benzene ring substituents is 1. The number of ether oxygens (including phenoxy) is 1. The average Bonchev–Trinajstić information content (AvgIpc) is 3.23. The van der Waals surface area contributed by atoms with E-state index in [9.17, 15) is 19.7 Å². The van der Waals surface area contributed by atoms with Crippen LogP contribution in [-0.4, -0.2) is 35.0 Å². The second-order valence-electron chi connectivity index (χ2n) is 6.84.